The van der Waals surface area contributed by atoms with Crippen LogP contribution in [0.25, 0.3) is 5.76 Å². The lowest BCUT2D eigenvalue weighted by atomic mass is 9.97. The van der Waals surface area contributed by atoms with Gasteiger partial charge in [0.2, 0.25) is 0 Å². The predicted octanol–water partition coefficient (Wildman–Crippen LogP) is 2.38. The standard InChI is InChI=1S/C22H27N3O6/c1-12-15(13(2)23-17(12)22(29)30-5)19(26)16-18(14-8-6-11-31-14)25(21(28)20(16)27)10-7-9-24(3)4/h6,8,11,18,23,26H,7,9-10H2,1-5H3/t18-/m0/s1. The van der Waals surface area contributed by atoms with E-state index in [-0.39, 0.29) is 17.0 Å². The fourth-order valence-electron chi connectivity index (χ4n) is 3.96. The predicted molar refractivity (Wildman–Crippen MR) is 112 cm³/mol. The summed E-state index contributed by atoms with van der Waals surface area (Å²) in [6.07, 6.45) is 2.10. The van der Waals surface area contributed by atoms with E-state index in [1.165, 1.54) is 18.3 Å². The Morgan fingerprint density at radius 2 is 2.03 bits per heavy atom. The molecule has 3 rings (SSSR count). The van der Waals surface area contributed by atoms with Gasteiger partial charge in [-0.25, -0.2) is 4.79 Å². The SMILES string of the molecule is COC(=O)c1[nH]c(C)c(C(O)=C2C(=O)C(=O)N(CCCN(C)C)[C@H]2c2ccco2)c1C. The maximum absolute atomic E-state index is 13.0. The van der Waals surface area contributed by atoms with Crippen LogP contribution in [0.2, 0.25) is 0 Å². The molecule has 1 saturated heterocycles. The third-order valence-electron chi connectivity index (χ3n) is 5.42. The van der Waals surface area contributed by atoms with Crippen molar-refractivity contribution in [1.29, 1.82) is 0 Å². The molecule has 0 aliphatic carbocycles. The highest BCUT2D eigenvalue weighted by Crippen LogP contribution is 2.41. The zero-order chi connectivity index (χ0) is 22.9. The minimum Gasteiger partial charge on any atom is -0.507 e. The summed E-state index contributed by atoms with van der Waals surface area (Å²) < 4.78 is 10.3. The van der Waals surface area contributed by atoms with Gasteiger partial charge in [-0.1, -0.05) is 0 Å². The minimum absolute atomic E-state index is 0.0635. The lowest BCUT2D eigenvalue weighted by molar-refractivity contribution is -0.140. The third-order valence-corrected chi connectivity index (χ3v) is 5.42. The van der Waals surface area contributed by atoms with Crippen molar-refractivity contribution in [2.45, 2.75) is 26.3 Å². The molecular weight excluding hydrogens is 402 g/mol. The fourth-order valence-corrected chi connectivity index (χ4v) is 3.96. The summed E-state index contributed by atoms with van der Waals surface area (Å²) in [7, 11) is 5.11. The van der Waals surface area contributed by atoms with Crippen molar-refractivity contribution in [1.82, 2.24) is 14.8 Å². The Labute approximate surface area is 180 Å². The van der Waals surface area contributed by atoms with E-state index in [1.807, 2.05) is 19.0 Å². The highest BCUT2D eigenvalue weighted by atomic mass is 16.5. The number of carbonyl (C=O) groups is 3. The number of ether oxygens (including phenoxy) is 1. The first-order valence-corrected chi connectivity index (χ1v) is 9.93. The first kappa shape index (κ1) is 22.4. The van der Waals surface area contributed by atoms with Gasteiger partial charge in [0.25, 0.3) is 11.7 Å². The average molecular weight is 429 g/mol. The van der Waals surface area contributed by atoms with Crippen LogP contribution in [0.15, 0.2) is 28.4 Å². The zero-order valence-electron chi connectivity index (χ0n) is 18.3. The van der Waals surface area contributed by atoms with Crippen molar-refractivity contribution in [3.63, 3.8) is 0 Å². The van der Waals surface area contributed by atoms with Crippen LogP contribution in [0.1, 0.15) is 45.5 Å². The number of hydrogen-bond donors (Lipinski definition) is 2. The Kier molecular flexibility index (Phi) is 6.35. The molecule has 2 aromatic heterocycles. The molecular formula is C22H27N3O6. The Morgan fingerprint density at radius 3 is 2.61 bits per heavy atom. The van der Waals surface area contributed by atoms with Gasteiger partial charge in [-0.05, 0) is 58.6 Å². The third kappa shape index (κ3) is 4.00. The van der Waals surface area contributed by atoms with E-state index in [0.29, 0.717) is 35.5 Å². The lowest BCUT2D eigenvalue weighted by Gasteiger charge is -2.24. The van der Waals surface area contributed by atoms with Crippen LogP contribution in [-0.2, 0) is 14.3 Å². The van der Waals surface area contributed by atoms with Crippen LogP contribution in [0.5, 0.6) is 0 Å². The van der Waals surface area contributed by atoms with Crippen molar-refractivity contribution in [2.24, 2.45) is 0 Å². The summed E-state index contributed by atoms with van der Waals surface area (Å²) in [5, 5.41) is 11.2. The number of rotatable bonds is 7. The molecule has 1 aliphatic heterocycles. The molecule has 0 saturated carbocycles. The van der Waals surface area contributed by atoms with Gasteiger partial charge in [0.05, 0.1) is 18.9 Å². The topological polar surface area (TPSA) is 116 Å². The number of Topliss-reactive ketones (excluding diaryl/α,β-unsaturated/α-hetero) is 1. The van der Waals surface area contributed by atoms with Crippen LogP contribution < -0.4 is 0 Å². The van der Waals surface area contributed by atoms with Crippen LogP contribution in [-0.4, -0.2) is 71.8 Å². The number of aryl methyl sites for hydroxylation is 1. The molecule has 0 aromatic carbocycles. The zero-order valence-corrected chi connectivity index (χ0v) is 18.3. The van der Waals surface area contributed by atoms with Gasteiger partial charge in [-0.2, -0.15) is 0 Å². The summed E-state index contributed by atoms with van der Waals surface area (Å²) in [5.74, 6) is -2.05. The molecule has 9 nitrogen and oxygen atoms in total. The summed E-state index contributed by atoms with van der Waals surface area (Å²) in [5.41, 5.74) is 1.32. The molecule has 1 amide bonds. The largest absolute Gasteiger partial charge is 0.507 e. The second-order valence-corrected chi connectivity index (χ2v) is 7.78. The number of ketones is 1. The average Bonchev–Trinajstić information content (AvgIpc) is 3.40. The number of carbonyl (C=O) groups excluding carboxylic acids is 3. The Morgan fingerprint density at radius 1 is 1.32 bits per heavy atom. The molecule has 1 aliphatic rings. The van der Waals surface area contributed by atoms with Gasteiger partial charge in [0.1, 0.15) is 23.3 Å². The maximum Gasteiger partial charge on any atom is 0.354 e. The van der Waals surface area contributed by atoms with Gasteiger partial charge < -0.3 is 29.0 Å². The van der Waals surface area contributed by atoms with E-state index in [4.69, 9.17) is 9.15 Å². The van der Waals surface area contributed by atoms with E-state index < -0.39 is 23.7 Å². The van der Waals surface area contributed by atoms with Gasteiger partial charge in [-0.3, -0.25) is 9.59 Å². The molecule has 0 unspecified atom stereocenters. The van der Waals surface area contributed by atoms with Gasteiger partial charge in [0.15, 0.2) is 0 Å². The van der Waals surface area contributed by atoms with Crippen LogP contribution >= 0.6 is 0 Å². The number of aliphatic hydroxyl groups excluding tert-OH is 1. The van der Waals surface area contributed by atoms with Crippen molar-refractivity contribution in [2.75, 3.05) is 34.3 Å². The van der Waals surface area contributed by atoms with Gasteiger partial charge >= 0.3 is 5.97 Å². The summed E-state index contributed by atoms with van der Waals surface area (Å²) in [6.45, 7) is 4.36. The Balaban J connectivity index is 2.12. The summed E-state index contributed by atoms with van der Waals surface area (Å²) in [6, 6.07) is 2.48. The summed E-state index contributed by atoms with van der Waals surface area (Å²) >= 11 is 0. The number of hydrogen-bond acceptors (Lipinski definition) is 7. The number of nitrogens with zero attached hydrogens (tertiary/aromatic N) is 2. The molecule has 9 heteroatoms. The van der Waals surface area contributed by atoms with Crippen molar-refractivity contribution >= 4 is 23.4 Å². The van der Waals surface area contributed by atoms with Crippen LogP contribution in [0, 0.1) is 13.8 Å². The van der Waals surface area contributed by atoms with Crippen molar-refractivity contribution < 1.29 is 28.6 Å². The second kappa shape index (κ2) is 8.81. The first-order chi connectivity index (χ1) is 14.7. The number of esters is 1. The lowest BCUT2D eigenvalue weighted by Crippen LogP contribution is -2.32. The highest BCUT2D eigenvalue weighted by molar-refractivity contribution is 6.46. The number of aromatic amines is 1. The molecule has 166 valence electrons. The molecule has 0 bridgehead atoms. The molecule has 1 fully saturated rings. The van der Waals surface area contributed by atoms with E-state index in [2.05, 4.69) is 4.98 Å². The quantitative estimate of drug-likeness (QED) is 0.300. The number of H-pyrrole nitrogens is 1. The molecule has 1 atom stereocenters. The smallest absolute Gasteiger partial charge is 0.354 e. The monoisotopic (exact) mass is 429 g/mol. The number of amides is 1. The summed E-state index contributed by atoms with van der Waals surface area (Å²) in [4.78, 5) is 44.2. The number of likely N-dealkylation sites (tertiary alicyclic amines) is 1. The number of nitrogens with one attached hydrogen (secondary N) is 1. The number of aliphatic hydroxyl groups is 1. The van der Waals surface area contributed by atoms with Crippen LogP contribution in [0.3, 0.4) is 0 Å². The normalized spacial score (nSPS) is 18.3. The minimum atomic E-state index is -0.854. The first-order valence-electron chi connectivity index (χ1n) is 9.93. The van der Waals surface area contributed by atoms with Gasteiger partial charge in [0, 0.05) is 17.8 Å². The Bertz CT molecular complexity index is 1030. The van der Waals surface area contributed by atoms with Crippen LogP contribution in [0.4, 0.5) is 0 Å². The second-order valence-electron chi connectivity index (χ2n) is 7.78. The highest BCUT2D eigenvalue weighted by Gasteiger charge is 2.47. The molecule has 31 heavy (non-hydrogen) atoms. The van der Waals surface area contributed by atoms with Crippen molar-refractivity contribution in [3.05, 3.63) is 52.2 Å². The maximum atomic E-state index is 13.0. The number of furan rings is 1. The van der Waals surface area contributed by atoms with E-state index in [0.717, 1.165) is 6.54 Å². The molecule has 3 heterocycles. The van der Waals surface area contributed by atoms with E-state index in [9.17, 15) is 19.5 Å². The fraction of sp³-hybridized carbons (Fsp3) is 0.409. The van der Waals surface area contributed by atoms with E-state index in [1.54, 1.807) is 26.0 Å². The van der Waals surface area contributed by atoms with Gasteiger partial charge in [-0.15, -0.1) is 0 Å². The molecule has 2 N–H and O–H groups in total. The number of aromatic nitrogens is 1. The van der Waals surface area contributed by atoms with Crippen molar-refractivity contribution in [3.8, 4) is 0 Å². The molecule has 0 spiro atoms. The molecule has 2 aromatic rings. The Hall–Kier alpha value is -3.33. The molecule has 0 radical (unpaired) electrons. The number of methoxy groups -OCH3 is 1. The van der Waals surface area contributed by atoms with E-state index >= 15 is 0 Å².